The summed E-state index contributed by atoms with van der Waals surface area (Å²) in [5.41, 5.74) is 0.497. The van der Waals surface area contributed by atoms with E-state index in [1.165, 1.54) is 13.8 Å². The van der Waals surface area contributed by atoms with Crippen molar-refractivity contribution in [3.05, 3.63) is 35.7 Å². The van der Waals surface area contributed by atoms with Crippen LogP contribution in [-0.4, -0.2) is 18.0 Å². The second kappa shape index (κ2) is 5.79. The standard InChI is InChI=1S/C12H14N2O3/c1-8(15)12(9(2)16)14-13-10-5-4-6-11(7-10)17-3/h4-7,15H,1-3H3. The molecule has 0 aromatic heterocycles. The molecule has 1 N–H and O–H groups in total. The maximum Gasteiger partial charge on any atom is 0.183 e. The van der Waals surface area contributed by atoms with Gasteiger partial charge in [0.05, 0.1) is 12.8 Å². The van der Waals surface area contributed by atoms with Gasteiger partial charge in [-0.15, -0.1) is 5.11 Å². The number of nitrogens with zero attached hydrogens (tertiary/aromatic N) is 2. The van der Waals surface area contributed by atoms with Crippen molar-refractivity contribution in [2.45, 2.75) is 13.8 Å². The van der Waals surface area contributed by atoms with Crippen LogP contribution >= 0.6 is 0 Å². The third-order valence-corrected chi connectivity index (χ3v) is 1.99. The molecule has 0 saturated heterocycles. The number of hydrogen-bond donors (Lipinski definition) is 1. The number of aliphatic hydroxyl groups is 1. The molecule has 90 valence electrons. The molecule has 0 saturated carbocycles. The maximum absolute atomic E-state index is 11.1. The highest BCUT2D eigenvalue weighted by Crippen LogP contribution is 2.20. The third-order valence-electron chi connectivity index (χ3n) is 1.99. The van der Waals surface area contributed by atoms with Gasteiger partial charge < -0.3 is 9.84 Å². The quantitative estimate of drug-likeness (QED) is 0.494. The van der Waals surface area contributed by atoms with E-state index in [0.717, 1.165) is 0 Å². The smallest absolute Gasteiger partial charge is 0.183 e. The summed E-state index contributed by atoms with van der Waals surface area (Å²) in [6.07, 6.45) is 0. The van der Waals surface area contributed by atoms with Crippen LogP contribution in [0.3, 0.4) is 0 Å². The average Bonchev–Trinajstić information content (AvgIpc) is 2.28. The SMILES string of the molecule is COc1cccc(N=NC(C(C)=O)=C(C)O)c1. The summed E-state index contributed by atoms with van der Waals surface area (Å²) in [5.74, 6) is 0.163. The molecule has 0 aliphatic carbocycles. The Morgan fingerprint density at radius 3 is 2.59 bits per heavy atom. The topological polar surface area (TPSA) is 71.2 Å². The fourth-order valence-corrected chi connectivity index (χ4v) is 1.18. The number of azo groups is 1. The van der Waals surface area contributed by atoms with E-state index < -0.39 is 0 Å². The maximum atomic E-state index is 11.1. The molecule has 1 aromatic rings. The summed E-state index contributed by atoms with van der Waals surface area (Å²) in [5, 5.41) is 16.8. The van der Waals surface area contributed by atoms with E-state index in [0.29, 0.717) is 11.4 Å². The van der Waals surface area contributed by atoms with E-state index in [1.807, 2.05) is 0 Å². The van der Waals surface area contributed by atoms with Gasteiger partial charge in [0.25, 0.3) is 0 Å². The van der Waals surface area contributed by atoms with Gasteiger partial charge in [-0.1, -0.05) is 6.07 Å². The zero-order valence-electron chi connectivity index (χ0n) is 9.97. The Balaban J connectivity index is 2.97. The lowest BCUT2D eigenvalue weighted by molar-refractivity contribution is -0.113. The van der Waals surface area contributed by atoms with Crippen LogP contribution in [0, 0.1) is 0 Å². The van der Waals surface area contributed by atoms with Crippen molar-refractivity contribution in [3.63, 3.8) is 0 Å². The molecule has 0 aliphatic rings. The van der Waals surface area contributed by atoms with Crippen LogP contribution in [0.2, 0.25) is 0 Å². The molecule has 0 aliphatic heterocycles. The molecule has 17 heavy (non-hydrogen) atoms. The summed E-state index contributed by atoms with van der Waals surface area (Å²) in [6.45, 7) is 2.71. The fourth-order valence-electron chi connectivity index (χ4n) is 1.18. The monoisotopic (exact) mass is 234 g/mol. The van der Waals surface area contributed by atoms with Gasteiger partial charge in [0.15, 0.2) is 11.5 Å². The fraction of sp³-hybridized carbons (Fsp3) is 0.250. The van der Waals surface area contributed by atoms with E-state index in [1.54, 1.807) is 31.4 Å². The second-order valence-electron chi connectivity index (χ2n) is 3.39. The minimum Gasteiger partial charge on any atom is -0.510 e. The number of ether oxygens (including phenoxy) is 1. The number of benzene rings is 1. The molecule has 5 heteroatoms. The van der Waals surface area contributed by atoms with Crippen LogP contribution in [0.4, 0.5) is 5.69 Å². The van der Waals surface area contributed by atoms with Gasteiger partial charge in [-0.2, -0.15) is 5.11 Å². The first-order valence-electron chi connectivity index (χ1n) is 5.01. The Labute approximate surface area is 99.4 Å². The zero-order valence-corrected chi connectivity index (χ0v) is 9.97. The molecular weight excluding hydrogens is 220 g/mol. The number of Topliss-reactive ketones (excluding diaryl/α,β-unsaturated/α-hetero) is 1. The molecule has 0 unspecified atom stereocenters. The van der Waals surface area contributed by atoms with Gasteiger partial charge in [-0.05, 0) is 19.1 Å². The first-order chi connectivity index (χ1) is 8.04. The average molecular weight is 234 g/mol. The van der Waals surface area contributed by atoms with Crippen LogP contribution in [0.25, 0.3) is 0 Å². The third kappa shape index (κ3) is 3.71. The molecule has 1 rings (SSSR count). The molecule has 0 radical (unpaired) electrons. The second-order valence-corrected chi connectivity index (χ2v) is 3.39. The number of carbonyl (C=O) groups excluding carboxylic acids is 1. The Morgan fingerprint density at radius 1 is 1.35 bits per heavy atom. The largest absolute Gasteiger partial charge is 0.510 e. The molecule has 0 fully saturated rings. The Bertz CT molecular complexity index is 474. The highest BCUT2D eigenvalue weighted by Gasteiger charge is 2.06. The number of aliphatic hydroxyl groups excluding tert-OH is 1. The first kappa shape index (κ1) is 12.9. The number of allylic oxidation sites excluding steroid dienone is 2. The highest BCUT2D eigenvalue weighted by molar-refractivity contribution is 5.93. The number of carbonyl (C=O) groups is 1. The van der Waals surface area contributed by atoms with Crippen molar-refractivity contribution >= 4 is 11.5 Å². The Kier molecular flexibility index (Phi) is 4.39. The highest BCUT2D eigenvalue weighted by atomic mass is 16.5. The summed E-state index contributed by atoms with van der Waals surface area (Å²) < 4.78 is 5.03. The van der Waals surface area contributed by atoms with Crippen LogP contribution in [0.5, 0.6) is 5.75 Å². The Hall–Kier alpha value is -2.17. The van der Waals surface area contributed by atoms with Crippen LogP contribution in [0.15, 0.2) is 46.0 Å². The number of hydrogen-bond acceptors (Lipinski definition) is 5. The lowest BCUT2D eigenvalue weighted by Crippen LogP contribution is -1.96. The van der Waals surface area contributed by atoms with Gasteiger partial charge in [0.1, 0.15) is 11.5 Å². The minimum atomic E-state index is -0.336. The molecular formula is C12H14N2O3. The predicted octanol–water partition coefficient (Wildman–Crippen LogP) is 3.16. The molecule has 0 atom stereocenters. The van der Waals surface area contributed by atoms with Crippen molar-refractivity contribution in [3.8, 4) is 5.75 Å². The van der Waals surface area contributed by atoms with Crippen molar-refractivity contribution in [2.75, 3.05) is 7.11 Å². The summed E-state index contributed by atoms with van der Waals surface area (Å²) in [6, 6.07) is 6.93. The van der Waals surface area contributed by atoms with Crippen LogP contribution in [0.1, 0.15) is 13.8 Å². The van der Waals surface area contributed by atoms with E-state index in [9.17, 15) is 9.90 Å². The zero-order chi connectivity index (χ0) is 12.8. The van der Waals surface area contributed by atoms with Gasteiger partial charge in [-0.25, -0.2) is 0 Å². The minimum absolute atomic E-state index is 0.0483. The van der Waals surface area contributed by atoms with Crippen molar-refractivity contribution < 1.29 is 14.6 Å². The molecule has 0 amide bonds. The van der Waals surface area contributed by atoms with Crippen molar-refractivity contribution in [1.82, 2.24) is 0 Å². The number of ketones is 1. The number of rotatable bonds is 4. The lowest BCUT2D eigenvalue weighted by atomic mass is 10.3. The van der Waals surface area contributed by atoms with E-state index in [2.05, 4.69) is 10.2 Å². The molecule has 0 spiro atoms. The normalized spacial score (nSPS) is 12.4. The molecule has 1 aromatic carbocycles. The van der Waals surface area contributed by atoms with Crippen LogP contribution < -0.4 is 4.74 Å². The van der Waals surface area contributed by atoms with Crippen molar-refractivity contribution in [1.29, 1.82) is 0 Å². The van der Waals surface area contributed by atoms with Gasteiger partial charge in [0, 0.05) is 13.0 Å². The van der Waals surface area contributed by atoms with E-state index in [4.69, 9.17) is 4.74 Å². The van der Waals surface area contributed by atoms with Crippen molar-refractivity contribution in [2.24, 2.45) is 10.2 Å². The van der Waals surface area contributed by atoms with E-state index in [-0.39, 0.29) is 17.2 Å². The van der Waals surface area contributed by atoms with Gasteiger partial charge in [-0.3, -0.25) is 4.79 Å². The Morgan fingerprint density at radius 2 is 2.06 bits per heavy atom. The first-order valence-corrected chi connectivity index (χ1v) is 5.01. The molecule has 0 heterocycles. The summed E-state index contributed by atoms with van der Waals surface area (Å²) >= 11 is 0. The molecule has 0 bridgehead atoms. The van der Waals surface area contributed by atoms with Crippen LogP contribution in [-0.2, 0) is 4.79 Å². The lowest BCUT2D eigenvalue weighted by Gasteiger charge is -2.00. The van der Waals surface area contributed by atoms with E-state index >= 15 is 0 Å². The summed E-state index contributed by atoms with van der Waals surface area (Å²) in [4.78, 5) is 11.1. The van der Waals surface area contributed by atoms with Gasteiger partial charge >= 0.3 is 0 Å². The molecule has 5 nitrogen and oxygen atoms in total. The summed E-state index contributed by atoms with van der Waals surface area (Å²) in [7, 11) is 1.55. The predicted molar refractivity (Wildman–Crippen MR) is 63.5 cm³/mol. The number of methoxy groups -OCH3 is 1. The van der Waals surface area contributed by atoms with Gasteiger partial charge in [0.2, 0.25) is 0 Å².